The Morgan fingerprint density at radius 3 is 1.65 bits per heavy atom. The van der Waals surface area contributed by atoms with Gasteiger partial charge in [-0.2, -0.15) is 0 Å². The minimum Gasteiger partial charge on any atom is -0.393 e. The number of hydrogen-bond donors (Lipinski definition) is 0. The lowest BCUT2D eigenvalue weighted by Crippen LogP contribution is -2.30. The van der Waals surface area contributed by atoms with E-state index in [1.165, 1.54) is 56.6 Å². The maximum absolute atomic E-state index is 6.26. The van der Waals surface area contributed by atoms with Gasteiger partial charge in [-0.1, -0.05) is 82.1 Å². The highest BCUT2D eigenvalue weighted by molar-refractivity contribution is 9.11. The molecule has 0 amide bonds. The molecule has 0 aromatic heterocycles. The molecule has 2 nitrogen and oxygen atoms in total. The number of hydrogen-bond acceptors (Lipinski definition) is 2. The number of allylic oxidation sites excluding steroid dienone is 1. The van der Waals surface area contributed by atoms with Crippen molar-refractivity contribution < 1.29 is 8.85 Å². The maximum Gasteiger partial charge on any atom is 0.351 e. The molecule has 0 aromatic rings. The van der Waals surface area contributed by atoms with Gasteiger partial charge in [0.25, 0.3) is 0 Å². The van der Waals surface area contributed by atoms with E-state index in [9.17, 15) is 0 Å². The summed E-state index contributed by atoms with van der Waals surface area (Å²) in [6.45, 7) is 12.9. The fraction of sp³-hybridized carbons (Fsp3) is 0.895. The number of unbranched alkanes of at least 4 members (excludes halogenated alkanes) is 2. The molecular formula is C19H39BrO2Si. The van der Waals surface area contributed by atoms with E-state index in [0.29, 0.717) is 11.8 Å². The van der Waals surface area contributed by atoms with Crippen molar-refractivity contribution in [1.82, 2.24) is 0 Å². The van der Waals surface area contributed by atoms with Crippen LogP contribution in [-0.2, 0) is 8.85 Å². The molecule has 2 atom stereocenters. The Bertz CT molecular complexity index is 277. The van der Waals surface area contributed by atoms with Crippen LogP contribution in [0.25, 0.3) is 0 Å². The van der Waals surface area contributed by atoms with Gasteiger partial charge in [-0.15, -0.1) is 0 Å². The van der Waals surface area contributed by atoms with Crippen LogP contribution in [-0.4, -0.2) is 22.5 Å². The summed E-state index contributed by atoms with van der Waals surface area (Å²) in [4.78, 5) is 1.99. The first-order chi connectivity index (χ1) is 11.1. The Morgan fingerprint density at radius 1 is 0.913 bits per heavy atom. The van der Waals surface area contributed by atoms with Crippen LogP contribution in [0, 0.1) is 11.8 Å². The zero-order valence-corrected chi connectivity index (χ0v) is 18.8. The Morgan fingerprint density at radius 2 is 1.35 bits per heavy atom. The van der Waals surface area contributed by atoms with Crippen molar-refractivity contribution in [3.8, 4) is 0 Å². The quantitative estimate of drug-likeness (QED) is 0.288. The molecule has 0 aliphatic carbocycles. The van der Waals surface area contributed by atoms with Crippen molar-refractivity contribution in [1.29, 1.82) is 0 Å². The van der Waals surface area contributed by atoms with Crippen molar-refractivity contribution in [2.75, 3.05) is 13.2 Å². The molecule has 4 heteroatoms. The van der Waals surface area contributed by atoms with Gasteiger partial charge in [0, 0.05) is 13.2 Å². The standard InChI is InChI=1S/C19H39BrO2Si/c1-6-10-12-18(8-3)15-21-23(17(5)14-20)22-16-19(9-4)13-11-7-2/h14,18-19,23H,6-13,15-16H2,1-5H3/b17-14-. The molecule has 0 spiro atoms. The summed E-state index contributed by atoms with van der Waals surface area (Å²) < 4.78 is 12.5. The first-order valence-electron chi connectivity index (χ1n) is 9.62. The SMILES string of the molecule is CCCCC(CC)CO[SiH](OCC(CC)CCCC)/C(C)=C\Br. The molecule has 0 radical (unpaired) electrons. The van der Waals surface area contributed by atoms with E-state index in [2.05, 4.69) is 50.5 Å². The van der Waals surface area contributed by atoms with Crippen LogP contribution in [0.1, 0.15) is 86.0 Å². The van der Waals surface area contributed by atoms with Crippen LogP contribution in [0.15, 0.2) is 10.2 Å². The molecule has 0 rings (SSSR count). The van der Waals surface area contributed by atoms with E-state index in [-0.39, 0.29) is 0 Å². The van der Waals surface area contributed by atoms with Gasteiger partial charge >= 0.3 is 9.28 Å². The largest absolute Gasteiger partial charge is 0.393 e. The Labute approximate surface area is 155 Å². The molecule has 0 aromatic carbocycles. The summed E-state index contributed by atoms with van der Waals surface area (Å²) in [7, 11) is -1.72. The summed E-state index contributed by atoms with van der Waals surface area (Å²) >= 11 is 3.46. The normalized spacial score (nSPS) is 16.3. The van der Waals surface area contributed by atoms with E-state index >= 15 is 0 Å². The van der Waals surface area contributed by atoms with Crippen LogP contribution < -0.4 is 0 Å². The fourth-order valence-electron chi connectivity index (χ4n) is 2.61. The lowest BCUT2D eigenvalue weighted by atomic mass is 10.0. The fourth-order valence-corrected chi connectivity index (χ4v) is 4.87. The maximum atomic E-state index is 6.26. The predicted molar refractivity (Wildman–Crippen MR) is 108 cm³/mol. The van der Waals surface area contributed by atoms with E-state index in [1.807, 2.05) is 4.99 Å². The Balaban J connectivity index is 4.40. The third kappa shape index (κ3) is 11.5. The van der Waals surface area contributed by atoms with Crippen molar-refractivity contribution in [3.05, 3.63) is 10.2 Å². The van der Waals surface area contributed by atoms with Gasteiger partial charge in [0.15, 0.2) is 0 Å². The summed E-state index contributed by atoms with van der Waals surface area (Å²) in [5, 5.41) is 1.25. The highest BCUT2D eigenvalue weighted by Crippen LogP contribution is 2.18. The van der Waals surface area contributed by atoms with Gasteiger partial charge in [-0.3, -0.25) is 0 Å². The summed E-state index contributed by atoms with van der Waals surface area (Å²) in [5.74, 6) is 1.36. The van der Waals surface area contributed by atoms with Crippen molar-refractivity contribution in [2.24, 2.45) is 11.8 Å². The van der Waals surface area contributed by atoms with Crippen LogP contribution in [0.5, 0.6) is 0 Å². The third-order valence-corrected chi connectivity index (χ3v) is 7.71. The zero-order chi connectivity index (χ0) is 17.5. The van der Waals surface area contributed by atoms with E-state index in [1.54, 1.807) is 0 Å². The Kier molecular flexibility index (Phi) is 16.1. The van der Waals surface area contributed by atoms with Gasteiger partial charge in [0.2, 0.25) is 0 Å². The summed E-state index contributed by atoms with van der Waals surface area (Å²) in [5.41, 5.74) is 0. The van der Waals surface area contributed by atoms with E-state index in [0.717, 1.165) is 13.2 Å². The molecule has 0 fully saturated rings. The minimum absolute atomic E-state index is 0.679. The molecule has 0 aliphatic rings. The average molecular weight is 408 g/mol. The molecule has 0 saturated carbocycles. The minimum atomic E-state index is -1.72. The molecule has 2 unspecified atom stereocenters. The monoisotopic (exact) mass is 406 g/mol. The summed E-state index contributed by atoms with van der Waals surface area (Å²) in [6, 6.07) is 0. The molecular weight excluding hydrogens is 368 g/mol. The van der Waals surface area contributed by atoms with Crippen molar-refractivity contribution in [2.45, 2.75) is 86.0 Å². The van der Waals surface area contributed by atoms with Crippen molar-refractivity contribution >= 4 is 25.2 Å². The van der Waals surface area contributed by atoms with Gasteiger partial charge in [-0.25, -0.2) is 0 Å². The van der Waals surface area contributed by atoms with Gasteiger partial charge in [-0.05, 0) is 41.8 Å². The van der Waals surface area contributed by atoms with E-state index < -0.39 is 9.28 Å². The lowest BCUT2D eigenvalue weighted by Gasteiger charge is -2.23. The average Bonchev–Trinajstić information content (AvgIpc) is 2.59. The molecule has 0 N–H and O–H groups in total. The second-order valence-electron chi connectivity index (χ2n) is 6.68. The first kappa shape index (κ1) is 23.4. The smallest absolute Gasteiger partial charge is 0.351 e. The third-order valence-electron chi connectivity index (χ3n) is 4.60. The van der Waals surface area contributed by atoms with Crippen molar-refractivity contribution in [3.63, 3.8) is 0 Å². The highest BCUT2D eigenvalue weighted by Gasteiger charge is 2.20. The molecule has 0 heterocycles. The first-order valence-corrected chi connectivity index (χ1v) is 12.1. The zero-order valence-electron chi connectivity index (χ0n) is 16.1. The van der Waals surface area contributed by atoms with Gasteiger partial charge in [0.05, 0.1) is 0 Å². The van der Waals surface area contributed by atoms with Gasteiger partial charge in [0.1, 0.15) is 0 Å². The Hall–Kier alpha value is 0.357. The number of rotatable bonds is 15. The number of halogens is 1. The second kappa shape index (κ2) is 15.9. The molecule has 23 heavy (non-hydrogen) atoms. The summed E-state index contributed by atoms with van der Waals surface area (Å²) in [6.07, 6.45) is 10.1. The molecule has 0 bridgehead atoms. The van der Waals surface area contributed by atoms with Crippen LogP contribution >= 0.6 is 15.9 Å². The second-order valence-corrected chi connectivity index (χ2v) is 9.38. The van der Waals surface area contributed by atoms with E-state index in [4.69, 9.17) is 8.85 Å². The molecule has 0 saturated heterocycles. The topological polar surface area (TPSA) is 18.5 Å². The van der Waals surface area contributed by atoms with Crippen LogP contribution in [0.4, 0.5) is 0 Å². The lowest BCUT2D eigenvalue weighted by molar-refractivity contribution is 0.146. The van der Waals surface area contributed by atoms with Crippen LogP contribution in [0.3, 0.4) is 0 Å². The van der Waals surface area contributed by atoms with Crippen LogP contribution in [0.2, 0.25) is 0 Å². The molecule has 0 aliphatic heterocycles. The van der Waals surface area contributed by atoms with Gasteiger partial charge < -0.3 is 8.85 Å². The molecule has 138 valence electrons. The highest BCUT2D eigenvalue weighted by atomic mass is 79.9. The predicted octanol–water partition coefficient (Wildman–Crippen LogP) is 6.51.